The van der Waals surface area contributed by atoms with Crippen molar-refractivity contribution in [2.24, 2.45) is 10.9 Å². The van der Waals surface area contributed by atoms with Gasteiger partial charge in [0.2, 0.25) is 0 Å². The fourth-order valence-electron chi connectivity index (χ4n) is 2.92. The lowest BCUT2D eigenvalue weighted by Gasteiger charge is -2.30. The summed E-state index contributed by atoms with van der Waals surface area (Å²) < 4.78 is 0. The Bertz CT molecular complexity index is 481. The maximum atomic E-state index is 4.30. The van der Waals surface area contributed by atoms with Crippen molar-refractivity contribution in [2.75, 3.05) is 33.2 Å². The second kappa shape index (κ2) is 12.1. The number of rotatable bonds is 7. The van der Waals surface area contributed by atoms with Gasteiger partial charge in [-0.2, -0.15) is 0 Å². The molecule has 1 aliphatic heterocycles. The molecular weight excluding hydrogens is 431 g/mol. The normalized spacial score (nSPS) is 16.7. The Hall–Kier alpha value is -0.340. The molecule has 0 saturated carbocycles. The first-order chi connectivity index (χ1) is 11.2. The van der Waals surface area contributed by atoms with Crippen LogP contribution in [0.4, 0.5) is 0 Å². The predicted octanol–water partition coefficient (Wildman–Crippen LogP) is 3.85. The van der Waals surface area contributed by atoms with E-state index < -0.39 is 0 Å². The topological polar surface area (TPSA) is 39.7 Å². The first-order valence-corrected chi connectivity index (χ1v) is 9.77. The van der Waals surface area contributed by atoms with E-state index in [2.05, 4.69) is 45.8 Å². The standard InChI is InChI=1S/C18H32N4S.HI/c1-15-6-11-22(12-7-15)10-5-4-9-20-18(19-3)21-14-17-16(2)8-13-23-17;/h8,13,15H,4-7,9-12,14H2,1-3H3,(H2,19,20,21);1H. The Morgan fingerprint density at radius 3 is 2.67 bits per heavy atom. The molecule has 1 saturated heterocycles. The molecule has 2 rings (SSSR count). The average Bonchev–Trinajstić information content (AvgIpc) is 2.97. The summed E-state index contributed by atoms with van der Waals surface area (Å²) in [7, 11) is 1.84. The van der Waals surface area contributed by atoms with E-state index in [4.69, 9.17) is 0 Å². The number of aliphatic imine (C=N–C) groups is 1. The van der Waals surface area contributed by atoms with Gasteiger partial charge in [-0.15, -0.1) is 35.3 Å². The highest BCUT2D eigenvalue weighted by molar-refractivity contribution is 14.0. The Labute approximate surface area is 168 Å². The highest BCUT2D eigenvalue weighted by atomic mass is 127. The average molecular weight is 464 g/mol. The number of guanidine groups is 1. The molecule has 24 heavy (non-hydrogen) atoms. The van der Waals surface area contributed by atoms with Crippen LogP contribution in [0.15, 0.2) is 16.4 Å². The van der Waals surface area contributed by atoms with E-state index in [-0.39, 0.29) is 24.0 Å². The van der Waals surface area contributed by atoms with Crippen molar-refractivity contribution in [3.05, 3.63) is 21.9 Å². The van der Waals surface area contributed by atoms with Crippen LogP contribution >= 0.6 is 35.3 Å². The molecule has 2 heterocycles. The van der Waals surface area contributed by atoms with Crippen LogP contribution in [-0.2, 0) is 6.54 Å². The van der Waals surface area contributed by atoms with Gasteiger partial charge in [-0.1, -0.05) is 6.92 Å². The summed E-state index contributed by atoms with van der Waals surface area (Å²) in [6.45, 7) is 10.2. The summed E-state index contributed by atoms with van der Waals surface area (Å²) >= 11 is 1.80. The molecule has 0 bridgehead atoms. The SMILES string of the molecule is CN=C(NCCCCN1CCC(C)CC1)NCc1sccc1C.I. The largest absolute Gasteiger partial charge is 0.356 e. The van der Waals surface area contributed by atoms with Crippen LogP contribution < -0.4 is 10.6 Å². The number of nitrogens with one attached hydrogen (secondary N) is 2. The van der Waals surface area contributed by atoms with Crippen LogP contribution in [0, 0.1) is 12.8 Å². The van der Waals surface area contributed by atoms with Crippen molar-refractivity contribution in [3.63, 3.8) is 0 Å². The number of hydrogen-bond acceptors (Lipinski definition) is 3. The Balaban J connectivity index is 0.00000288. The summed E-state index contributed by atoms with van der Waals surface area (Å²) in [4.78, 5) is 8.30. The minimum Gasteiger partial charge on any atom is -0.356 e. The Morgan fingerprint density at radius 2 is 2.04 bits per heavy atom. The minimum atomic E-state index is 0. The van der Waals surface area contributed by atoms with Gasteiger partial charge in [-0.05, 0) is 75.2 Å². The van der Waals surface area contributed by atoms with Crippen LogP contribution in [0.25, 0.3) is 0 Å². The van der Waals surface area contributed by atoms with Crippen molar-refractivity contribution >= 4 is 41.3 Å². The maximum absolute atomic E-state index is 4.30. The van der Waals surface area contributed by atoms with E-state index in [0.29, 0.717) is 0 Å². The minimum absolute atomic E-state index is 0. The predicted molar refractivity (Wildman–Crippen MR) is 117 cm³/mol. The molecular formula is C18H33IN4S. The molecule has 0 radical (unpaired) electrons. The molecule has 138 valence electrons. The number of thiophene rings is 1. The molecule has 1 aromatic rings. The summed E-state index contributed by atoms with van der Waals surface area (Å²) in [6.07, 6.45) is 5.21. The lowest BCUT2D eigenvalue weighted by atomic mass is 9.99. The summed E-state index contributed by atoms with van der Waals surface area (Å²) in [5.74, 6) is 1.83. The quantitative estimate of drug-likeness (QED) is 0.279. The molecule has 0 aromatic carbocycles. The van der Waals surface area contributed by atoms with Crippen molar-refractivity contribution in [1.29, 1.82) is 0 Å². The van der Waals surface area contributed by atoms with Gasteiger partial charge in [-0.25, -0.2) is 0 Å². The first kappa shape index (κ1) is 21.7. The number of unbranched alkanes of at least 4 members (excludes halogenated alkanes) is 1. The molecule has 6 heteroatoms. The van der Waals surface area contributed by atoms with Gasteiger partial charge >= 0.3 is 0 Å². The van der Waals surface area contributed by atoms with Crippen molar-refractivity contribution in [2.45, 2.75) is 46.1 Å². The summed E-state index contributed by atoms with van der Waals surface area (Å²) in [5, 5.41) is 8.96. The molecule has 0 spiro atoms. The van der Waals surface area contributed by atoms with E-state index in [0.717, 1.165) is 25.0 Å². The fraction of sp³-hybridized carbons (Fsp3) is 0.722. The van der Waals surface area contributed by atoms with Gasteiger partial charge in [0.05, 0.1) is 6.54 Å². The summed E-state index contributed by atoms with van der Waals surface area (Å²) in [6, 6.07) is 2.17. The number of hydrogen-bond donors (Lipinski definition) is 2. The van der Waals surface area contributed by atoms with Gasteiger partial charge in [0.15, 0.2) is 5.96 Å². The monoisotopic (exact) mass is 464 g/mol. The summed E-state index contributed by atoms with van der Waals surface area (Å²) in [5.41, 5.74) is 1.36. The van der Waals surface area contributed by atoms with Crippen molar-refractivity contribution in [3.8, 4) is 0 Å². The highest BCUT2D eigenvalue weighted by Crippen LogP contribution is 2.16. The molecule has 1 aromatic heterocycles. The Morgan fingerprint density at radius 1 is 1.29 bits per heavy atom. The smallest absolute Gasteiger partial charge is 0.191 e. The van der Waals surface area contributed by atoms with E-state index in [1.54, 1.807) is 11.3 Å². The molecule has 0 amide bonds. The van der Waals surface area contributed by atoms with Gasteiger partial charge in [0.25, 0.3) is 0 Å². The molecule has 1 aliphatic rings. The lowest BCUT2D eigenvalue weighted by Crippen LogP contribution is -2.38. The molecule has 2 N–H and O–H groups in total. The van der Waals surface area contributed by atoms with Gasteiger partial charge in [-0.3, -0.25) is 4.99 Å². The van der Waals surface area contributed by atoms with E-state index in [1.807, 2.05) is 7.05 Å². The fourth-order valence-corrected chi connectivity index (χ4v) is 3.77. The zero-order valence-corrected chi connectivity index (χ0v) is 18.5. The third kappa shape index (κ3) is 7.70. The van der Waals surface area contributed by atoms with Crippen LogP contribution in [0.5, 0.6) is 0 Å². The van der Waals surface area contributed by atoms with Crippen molar-refractivity contribution < 1.29 is 0 Å². The maximum Gasteiger partial charge on any atom is 0.191 e. The molecule has 0 atom stereocenters. The third-order valence-electron chi connectivity index (χ3n) is 4.68. The van der Waals surface area contributed by atoms with Gasteiger partial charge in [0.1, 0.15) is 0 Å². The van der Waals surface area contributed by atoms with Crippen molar-refractivity contribution in [1.82, 2.24) is 15.5 Å². The number of nitrogens with zero attached hydrogens (tertiary/aromatic N) is 2. The third-order valence-corrected chi connectivity index (χ3v) is 5.70. The van der Waals surface area contributed by atoms with Gasteiger partial charge < -0.3 is 15.5 Å². The molecule has 4 nitrogen and oxygen atoms in total. The molecule has 1 fully saturated rings. The lowest BCUT2D eigenvalue weighted by molar-refractivity contribution is 0.189. The van der Waals surface area contributed by atoms with E-state index >= 15 is 0 Å². The number of piperidine rings is 1. The number of likely N-dealkylation sites (tertiary alicyclic amines) is 1. The van der Waals surface area contributed by atoms with Crippen LogP contribution in [-0.4, -0.2) is 44.1 Å². The van der Waals surface area contributed by atoms with Gasteiger partial charge in [0, 0.05) is 18.5 Å². The first-order valence-electron chi connectivity index (χ1n) is 8.89. The van der Waals surface area contributed by atoms with Crippen LogP contribution in [0.1, 0.15) is 43.0 Å². The van der Waals surface area contributed by atoms with E-state index in [1.165, 1.54) is 55.8 Å². The molecule has 0 unspecified atom stereocenters. The Kier molecular flexibility index (Phi) is 10.9. The van der Waals surface area contributed by atoms with E-state index in [9.17, 15) is 0 Å². The zero-order chi connectivity index (χ0) is 16.5. The highest BCUT2D eigenvalue weighted by Gasteiger charge is 2.14. The second-order valence-corrected chi connectivity index (χ2v) is 7.61. The van der Waals surface area contributed by atoms with Crippen LogP contribution in [0.2, 0.25) is 0 Å². The molecule has 0 aliphatic carbocycles. The van der Waals surface area contributed by atoms with Crippen LogP contribution in [0.3, 0.4) is 0 Å². The number of halogens is 1. The second-order valence-electron chi connectivity index (χ2n) is 6.61. The zero-order valence-electron chi connectivity index (χ0n) is 15.3. The number of aryl methyl sites for hydroxylation is 1.